The number of aryl methyl sites for hydroxylation is 1. The SMILES string of the molecule is COCCCn1c(C)cc(C(=O)CN(C)CC(=O)Nc2ccc(Cl)c(C(F)(F)F)c2)c1C. The van der Waals surface area contributed by atoms with E-state index in [0.717, 1.165) is 36.5 Å². The van der Waals surface area contributed by atoms with Crippen molar-refractivity contribution >= 4 is 29.0 Å². The molecule has 0 saturated heterocycles. The predicted octanol–water partition coefficient (Wildman–Crippen LogP) is 4.57. The Hall–Kier alpha value is -2.36. The third-order valence-corrected chi connectivity index (χ3v) is 5.32. The molecule has 1 amide bonds. The number of ketones is 1. The van der Waals surface area contributed by atoms with Crippen LogP contribution in [-0.2, 0) is 22.3 Å². The normalized spacial score (nSPS) is 11.8. The molecule has 6 nitrogen and oxygen atoms in total. The van der Waals surface area contributed by atoms with Crippen LogP contribution in [0.4, 0.5) is 18.9 Å². The van der Waals surface area contributed by atoms with E-state index in [2.05, 4.69) is 9.88 Å². The molecular weight excluding hydrogens is 447 g/mol. The van der Waals surface area contributed by atoms with Gasteiger partial charge in [-0.05, 0) is 51.6 Å². The third-order valence-electron chi connectivity index (χ3n) is 4.99. The Labute approximate surface area is 190 Å². The highest BCUT2D eigenvalue weighted by Gasteiger charge is 2.33. The number of ether oxygens (including phenoxy) is 1. The van der Waals surface area contributed by atoms with Gasteiger partial charge in [0.15, 0.2) is 5.78 Å². The van der Waals surface area contributed by atoms with Gasteiger partial charge in [0.2, 0.25) is 5.91 Å². The molecule has 0 atom stereocenters. The van der Waals surface area contributed by atoms with E-state index in [4.69, 9.17) is 16.3 Å². The zero-order valence-corrected chi connectivity index (χ0v) is 19.2. The molecule has 32 heavy (non-hydrogen) atoms. The van der Waals surface area contributed by atoms with E-state index in [0.29, 0.717) is 12.2 Å². The second-order valence-electron chi connectivity index (χ2n) is 7.62. The summed E-state index contributed by atoms with van der Waals surface area (Å²) >= 11 is 5.59. The number of hydrogen-bond donors (Lipinski definition) is 1. The van der Waals surface area contributed by atoms with Gasteiger partial charge in [-0.1, -0.05) is 11.6 Å². The first kappa shape index (κ1) is 25.9. The maximum absolute atomic E-state index is 13.0. The van der Waals surface area contributed by atoms with Crippen LogP contribution >= 0.6 is 11.6 Å². The molecule has 1 aromatic carbocycles. The Morgan fingerprint density at radius 3 is 2.50 bits per heavy atom. The van der Waals surface area contributed by atoms with Gasteiger partial charge >= 0.3 is 6.18 Å². The van der Waals surface area contributed by atoms with Crippen molar-refractivity contribution in [3.05, 3.63) is 51.8 Å². The minimum atomic E-state index is -4.63. The quantitative estimate of drug-likeness (QED) is 0.405. The van der Waals surface area contributed by atoms with Crippen molar-refractivity contribution in [3.8, 4) is 0 Å². The Balaban J connectivity index is 1.98. The molecule has 2 aromatic rings. The van der Waals surface area contributed by atoms with Crippen LogP contribution in [0.15, 0.2) is 24.3 Å². The molecule has 0 fully saturated rings. The Morgan fingerprint density at radius 1 is 1.19 bits per heavy atom. The summed E-state index contributed by atoms with van der Waals surface area (Å²) in [6.07, 6.45) is -3.81. The molecule has 0 bridgehead atoms. The molecular formula is C22H27ClF3N3O3. The van der Waals surface area contributed by atoms with Gasteiger partial charge in [-0.2, -0.15) is 13.2 Å². The van der Waals surface area contributed by atoms with Gasteiger partial charge in [0, 0.05) is 42.9 Å². The highest BCUT2D eigenvalue weighted by molar-refractivity contribution is 6.31. The topological polar surface area (TPSA) is 63.6 Å². The van der Waals surface area contributed by atoms with Crippen LogP contribution in [-0.4, -0.2) is 55.0 Å². The summed E-state index contributed by atoms with van der Waals surface area (Å²) in [6.45, 7) is 4.98. The van der Waals surface area contributed by atoms with Gasteiger partial charge in [0.25, 0.3) is 0 Å². The monoisotopic (exact) mass is 473 g/mol. The average Bonchev–Trinajstić information content (AvgIpc) is 2.97. The van der Waals surface area contributed by atoms with Gasteiger partial charge in [0.05, 0.1) is 23.7 Å². The third kappa shape index (κ3) is 6.82. The number of halogens is 4. The summed E-state index contributed by atoms with van der Waals surface area (Å²) in [7, 11) is 3.23. The number of nitrogens with one attached hydrogen (secondary N) is 1. The van der Waals surface area contributed by atoms with Crippen molar-refractivity contribution in [3.63, 3.8) is 0 Å². The second kappa shape index (κ2) is 11.0. The first-order chi connectivity index (χ1) is 14.9. The zero-order chi connectivity index (χ0) is 24.1. The number of benzene rings is 1. The van der Waals surface area contributed by atoms with Gasteiger partial charge < -0.3 is 14.6 Å². The van der Waals surface area contributed by atoms with Gasteiger partial charge in [0.1, 0.15) is 0 Å². The van der Waals surface area contributed by atoms with E-state index in [9.17, 15) is 22.8 Å². The Bertz CT molecular complexity index is 973. The Morgan fingerprint density at radius 2 is 1.88 bits per heavy atom. The fourth-order valence-corrected chi connectivity index (χ4v) is 3.67. The lowest BCUT2D eigenvalue weighted by Gasteiger charge is -2.16. The van der Waals surface area contributed by atoms with Crippen molar-refractivity contribution in [1.29, 1.82) is 0 Å². The summed E-state index contributed by atoms with van der Waals surface area (Å²) in [5.41, 5.74) is 1.35. The number of nitrogens with zero attached hydrogens (tertiary/aromatic N) is 2. The summed E-state index contributed by atoms with van der Waals surface area (Å²) in [5.74, 6) is -0.682. The smallest absolute Gasteiger partial charge is 0.385 e. The zero-order valence-electron chi connectivity index (χ0n) is 18.5. The fraction of sp³-hybridized carbons (Fsp3) is 0.455. The minimum absolute atomic E-state index is 0.00972. The molecule has 0 aliphatic heterocycles. The molecule has 1 aromatic heterocycles. The van der Waals surface area contributed by atoms with Crippen LogP contribution in [0.5, 0.6) is 0 Å². The first-order valence-corrected chi connectivity index (χ1v) is 10.4. The lowest BCUT2D eigenvalue weighted by Crippen LogP contribution is -2.34. The average molecular weight is 474 g/mol. The van der Waals surface area contributed by atoms with E-state index in [1.54, 1.807) is 14.2 Å². The van der Waals surface area contributed by atoms with Crippen molar-refractivity contribution in [2.75, 3.05) is 39.2 Å². The van der Waals surface area contributed by atoms with Crippen LogP contribution in [0.3, 0.4) is 0 Å². The van der Waals surface area contributed by atoms with E-state index < -0.39 is 22.7 Å². The van der Waals surface area contributed by atoms with Crippen molar-refractivity contribution in [2.45, 2.75) is 33.0 Å². The highest BCUT2D eigenvalue weighted by Crippen LogP contribution is 2.36. The summed E-state index contributed by atoms with van der Waals surface area (Å²) in [4.78, 5) is 26.5. The lowest BCUT2D eigenvalue weighted by atomic mass is 10.1. The predicted molar refractivity (Wildman–Crippen MR) is 117 cm³/mol. The number of likely N-dealkylation sites (N-methyl/N-ethyl adjacent to an activating group) is 1. The number of rotatable bonds is 10. The molecule has 0 unspecified atom stereocenters. The molecule has 0 spiro atoms. The minimum Gasteiger partial charge on any atom is -0.385 e. The molecule has 176 valence electrons. The number of hydrogen-bond acceptors (Lipinski definition) is 4. The number of amides is 1. The number of methoxy groups -OCH3 is 1. The van der Waals surface area contributed by atoms with Crippen molar-refractivity contribution < 1.29 is 27.5 Å². The number of alkyl halides is 3. The van der Waals surface area contributed by atoms with Gasteiger partial charge in [-0.25, -0.2) is 0 Å². The van der Waals surface area contributed by atoms with Crippen LogP contribution < -0.4 is 5.32 Å². The molecule has 1 N–H and O–H groups in total. The van der Waals surface area contributed by atoms with Crippen molar-refractivity contribution in [1.82, 2.24) is 9.47 Å². The molecule has 1 heterocycles. The van der Waals surface area contributed by atoms with Crippen molar-refractivity contribution in [2.24, 2.45) is 0 Å². The van der Waals surface area contributed by atoms with E-state index in [1.807, 2.05) is 19.9 Å². The maximum Gasteiger partial charge on any atom is 0.417 e. The number of Topliss-reactive ketones (excluding diaryl/α,β-unsaturated/α-hetero) is 1. The summed E-state index contributed by atoms with van der Waals surface area (Å²) in [6, 6.07) is 4.98. The number of aromatic nitrogens is 1. The van der Waals surface area contributed by atoms with E-state index in [-0.39, 0.29) is 24.6 Å². The first-order valence-electron chi connectivity index (χ1n) is 9.98. The molecule has 0 radical (unpaired) electrons. The molecule has 0 saturated carbocycles. The molecule has 0 aliphatic carbocycles. The molecule has 2 rings (SSSR count). The van der Waals surface area contributed by atoms with E-state index >= 15 is 0 Å². The van der Waals surface area contributed by atoms with Crippen LogP contribution in [0.2, 0.25) is 5.02 Å². The number of carbonyl (C=O) groups is 2. The van der Waals surface area contributed by atoms with Crippen LogP contribution in [0.25, 0.3) is 0 Å². The second-order valence-corrected chi connectivity index (χ2v) is 8.03. The lowest BCUT2D eigenvalue weighted by molar-refractivity contribution is -0.137. The van der Waals surface area contributed by atoms with Crippen LogP contribution in [0.1, 0.15) is 33.7 Å². The largest absolute Gasteiger partial charge is 0.417 e. The summed E-state index contributed by atoms with van der Waals surface area (Å²) in [5, 5.41) is 1.97. The maximum atomic E-state index is 13.0. The fourth-order valence-electron chi connectivity index (χ4n) is 3.45. The number of anilines is 1. The molecule has 10 heteroatoms. The Kier molecular flexibility index (Phi) is 8.89. The molecule has 0 aliphatic rings. The highest BCUT2D eigenvalue weighted by atomic mass is 35.5. The van der Waals surface area contributed by atoms with E-state index in [1.165, 1.54) is 11.0 Å². The number of carbonyl (C=O) groups excluding carboxylic acids is 2. The summed E-state index contributed by atoms with van der Waals surface area (Å²) < 4.78 is 46.1. The van der Waals surface area contributed by atoms with Crippen LogP contribution in [0, 0.1) is 13.8 Å². The standard InChI is InChI=1S/C22H27ClF3N3O3/c1-14-10-17(15(2)29(14)8-5-9-32-4)20(30)12-28(3)13-21(31)27-16-6-7-19(23)18(11-16)22(24,25)26/h6-7,10-11H,5,8-9,12-13H2,1-4H3,(H,27,31). The van der Waals surface area contributed by atoms with Gasteiger partial charge in [-0.3, -0.25) is 14.5 Å². The van der Waals surface area contributed by atoms with Gasteiger partial charge in [-0.15, -0.1) is 0 Å².